The number of aromatic nitrogens is 2. The Bertz CT molecular complexity index is 439. The van der Waals surface area contributed by atoms with Crippen LogP contribution in [-0.4, -0.2) is 35.4 Å². The summed E-state index contributed by atoms with van der Waals surface area (Å²) in [7, 11) is 3.80. The molecule has 1 aromatic rings. The molecule has 0 saturated carbocycles. The van der Waals surface area contributed by atoms with E-state index in [2.05, 4.69) is 48.4 Å². The number of nitrogens with one attached hydrogen (secondary N) is 2. The second-order valence-corrected chi connectivity index (χ2v) is 5.02. The van der Waals surface area contributed by atoms with Gasteiger partial charge in [0.1, 0.15) is 0 Å². The van der Waals surface area contributed by atoms with Gasteiger partial charge in [-0.2, -0.15) is 5.10 Å². The van der Waals surface area contributed by atoms with E-state index in [-0.39, 0.29) is 24.0 Å². The first-order valence-corrected chi connectivity index (χ1v) is 6.95. The Hall–Kier alpha value is -0.790. The van der Waals surface area contributed by atoms with Crippen molar-refractivity contribution < 1.29 is 0 Å². The Balaban J connectivity index is 0.00000361. The maximum atomic E-state index is 4.46. The third kappa shape index (κ3) is 5.30. The minimum Gasteiger partial charge on any atom is -0.356 e. The van der Waals surface area contributed by atoms with Gasteiger partial charge < -0.3 is 10.6 Å². The number of halogens is 1. The molecule has 0 aromatic carbocycles. The Morgan fingerprint density at radius 2 is 2.05 bits per heavy atom. The van der Waals surface area contributed by atoms with E-state index < -0.39 is 0 Å². The highest BCUT2D eigenvalue weighted by atomic mass is 127. The van der Waals surface area contributed by atoms with Gasteiger partial charge >= 0.3 is 0 Å². The highest BCUT2D eigenvalue weighted by molar-refractivity contribution is 14.0. The topological polar surface area (TPSA) is 54.2 Å². The van der Waals surface area contributed by atoms with Gasteiger partial charge in [-0.1, -0.05) is 6.92 Å². The standard InChI is InChI=1S/C14H27N5.HI/c1-7-8-16-14(15-5)17-10(2)9-13-11(3)18-19(6)12(13)4;/h10H,7-9H2,1-6H3,(H2,15,16,17);1H. The normalized spacial score (nSPS) is 12.8. The van der Waals surface area contributed by atoms with Crippen LogP contribution < -0.4 is 10.6 Å². The van der Waals surface area contributed by atoms with E-state index in [1.54, 1.807) is 7.05 Å². The van der Waals surface area contributed by atoms with Crippen LogP contribution in [0.1, 0.15) is 37.2 Å². The van der Waals surface area contributed by atoms with Crippen LogP contribution in [-0.2, 0) is 13.5 Å². The zero-order valence-electron chi connectivity index (χ0n) is 13.4. The highest BCUT2D eigenvalue weighted by Gasteiger charge is 2.13. The molecule has 5 nitrogen and oxygen atoms in total. The number of nitrogens with zero attached hydrogens (tertiary/aromatic N) is 3. The quantitative estimate of drug-likeness (QED) is 0.458. The third-order valence-corrected chi connectivity index (χ3v) is 3.32. The predicted molar refractivity (Wildman–Crippen MR) is 96.1 cm³/mol. The van der Waals surface area contributed by atoms with E-state index in [1.807, 2.05) is 11.7 Å². The summed E-state index contributed by atoms with van der Waals surface area (Å²) in [5, 5.41) is 11.2. The summed E-state index contributed by atoms with van der Waals surface area (Å²) in [6, 6.07) is 0.324. The molecule has 0 aliphatic rings. The maximum Gasteiger partial charge on any atom is 0.191 e. The van der Waals surface area contributed by atoms with Gasteiger partial charge in [0.05, 0.1) is 5.69 Å². The fraction of sp³-hybridized carbons (Fsp3) is 0.714. The van der Waals surface area contributed by atoms with E-state index in [4.69, 9.17) is 0 Å². The molecule has 116 valence electrons. The molecule has 0 bridgehead atoms. The molecule has 1 atom stereocenters. The molecule has 1 rings (SSSR count). The van der Waals surface area contributed by atoms with Crippen LogP contribution in [0.5, 0.6) is 0 Å². The Morgan fingerprint density at radius 1 is 1.40 bits per heavy atom. The molecule has 0 aliphatic heterocycles. The van der Waals surface area contributed by atoms with Crippen molar-refractivity contribution in [2.24, 2.45) is 12.0 Å². The van der Waals surface area contributed by atoms with Crippen LogP contribution in [0.25, 0.3) is 0 Å². The minimum atomic E-state index is 0. The molecule has 2 N–H and O–H groups in total. The Labute approximate surface area is 139 Å². The zero-order chi connectivity index (χ0) is 14.4. The fourth-order valence-electron chi connectivity index (χ4n) is 2.14. The first kappa shape index (κ1) is 19.2. The van der Waals surface area contributed by atoms with E-state index in [0.717, 1.165) is 31.0 Å². The fourth-order valence-corrected chi connectivity index (χ4v) is 2.14. The second-order valence-electron chi connectivity index (χ2n) is 5.02. The highest BCUT2D eigenvalue weighted by Crippen LogP contribution is 2.13. The lowest BCUT2D eigenvalue weighted by Crippen LogP contribution is -2.43. The number of guanidine groups is 1. The molecule has 20 heavy (non-hydrogen) atoms. The predicted octanol–water partition coefficient (Wildman–Crippen LogP) is 2.16. The molecule has 1 heterocycles. The summed E-state index contributed by atoms with van der Waals surface area (Å²) in [5.41, 5.74) is 3.68. The second kappa shape index (κ2) is 9.20. The van der Waals surface area contributed by atoms with Crippen LogP contribution in [0.15, 0.2) is 4.99 Å². The lowest BCUT2D eigenvalue weighted by atomic mass is 10.1. The van der Waals surface area contributed by atoms with Crippen molar-refractivity contribution in [3.8, 4) is 0 Å². The van der Waals surface area contributed by atoms with Crippen LogP contribution in [0.2, 0.25) is 0 Å². The van der Waals surface area contributed by atoms with Crippen molar-refractivity contribution in [2.75, 3.05) is 13.6 Å². The molecule has 0 aliphatic carbocycles. The average Bonchev–Trinajstić information content (AvgIpc) is 2.61. The zero-order valence-corrected chi connectivity index (χ0v) is 15.8. The summed E-state index contributed by atoms with van der Waals surface area (Å²) < 4.78 is 1.95. The van der Waals surface area contributed by atoms with Crippen molar-refractivity contribution in [3.05, 3.63) is 17.0 Å². The Morgan fingerprint density at radius 3 is 2.50 bits per heavy atom. The largest absolute Gasteiger partial charge is 0.356 e. The monoisotopic (exact) mass is 393 g/mol. The molecular formula is C14H28IN5. The van der Waals surface area contributed by atoms with E-state index >= 15 is 0 Å². The van der Waals surface area contributed by atoms with Crippen molar-refractivity contribution in [3.63, 3.8) is 0 Å². The molecular weight excluding hydrogens is 365 g/mol. The van der Waals surface area contributed by atoms with Gasteiger partial charge in [0.2, 0.25) is 0 Å². The summed E-state index contributed by atoms with van der Waals surface area (Å²) in [4.78, 5) is 4.23. The molecule has 0 radical (unpaired) electrons. The van der Waals surface area contributed by atoms with E-state index in [0.29, 0.717) is 6.04 Å². The molecule has 1 aromatic heterocycles. The summed E-state index contributed by atoms with van der Waals surface area (Å²) >= 11 is 0. The van der Waals surface area contributed by atoms with Gasteiger partial charge in [-0.15, -0.1) is 24.0 Å². The third-order valence-electron chi connectivity index (χ3n) is 3.32. The molecule has 0 spiro atoms. The van der Waals surface area contributed by atoms with E-state index in [1.165, 1.54) is 11.3 Å². The van der Waals surface area contributed by atoms with Crippen LogP contribution >= 0.6 is 24.0 Å². The first-order chi connectivity index (χ1) is 8.99. The van der Waals surface area contributed by atoms with Gasteiger partial charge in [-0.3, -0.25) is 9.67 Å². The van der Waals surface area contributed by atoms with Crippen LogP contribution in [0, 0.1) is 13.8 Å². The van der Waals surface area contributed by atoms with E-state index in [9.17, 15) is 0 Å². The van der Waals surface area contributed by atoms with Gasteiger partial charge in [-0.05, 0) is 39.2 Å². The number of aliphatic imine (C=N–C) groups is 1. The SMILES string of the molecule is CCCNC(=NC)NC(C)Cc1c(C)nn(C)c1C.I. The maximum absolute atomic E-state index is 4.46. The number of rotatable bonds is 5. The summed E-state index contributed by atoms with van der Waals surface area (Å²) in [6.07, 6.45) is 2.05. The van der Waals surface area contributed by atoms with Gasteiger partial charge in [0.15, 0.2) is 5.96 Å². The number of aryl methyl sites for hydroxylation is 2. The van der Waals surface area contributed by atoms with Crippen molar-refractivity contribution in [2.45, 2.75) is 46.6 Å². The number of hydrogen-bond acceptors (Lipinski definition) is 2. The van der Waals surface area contributed by atoms with Crippen LogP contribution in [0.4, 0.5) is 0 Å². The summed E-state index contributed by atoms with van der Waals surface area (Å²) in [5.74, 6) is 0.869. The van der Waals surface area contributed by atoms with Gasteiger partial charge in [-0.25, -0.2) is 0 Å². The van der Waals surface area contributed by atoms with Crippen molar-refractivity contribution in [1.82, 2.24) is 20.4 Å². The first-order valence-electron chi connectivity index (χ1n) is 6.95. The lowest BCUT2D eigenvalue weighted by Gasteiger charge is -2.18. The Kier molecular flexibility index (Phi) is 8.84. The molecule has 1 unspecified atom stereocenters. The molecule has 0 fully saturated rings. The van der Waals surface area contributed by atoms with Crippen LogP contribution in [0.3, 0.4) is 0 Å². The summed E-state index contributed by atoms with van der Waals surface area (Å²) in [6.45, 7) is 9.44. The minimum absolute atomic E-state index is 0. The lowest BCUT2D eigenvalue weighted by molar-refractivity contribution is 0.634. The smallest absolute Gasteiger partial charge is 0.191 e. The number of hydrogen-bond donors (Lipinski definition) is 2. The van der Waals surface area contributed by atoms with Crippen molar-refractivity contribution >= 4 is 29.9 Å². The van der Waals surface area contributed by atoms with Gasteiger partial charge in [0, 0.05) is 32.4 Å². The van der Waals surface area contributed by atoms with Gasteiger partial charge in [0.25, 0.3) is 0 Å². The molecule has 6 heteroatoms. The molecule has 0 amide bonds. The average molecular weight is 393 g/mol. The molecule has 0 saturated heterocycles. The van der Waals surface area contributed by atoms with Crippen molar-refractivity contribution in [1.29, 1.82) is 0 Å².